The average Bonchev–Trinajstić information content (AvgIpc) is 3.33. The van der Waals surface area contributed by atoms with Crippen molar-refractivity contribution in [2.24, 2.45) is 0 Å². The molecule has 1 unspecified atom stereocenters. The van der Waals surface area contributed by atoms with Gasteiger partial charge in [0.1, 0.15) is 0 Å². The molecule has 2 aromatic carbocycles. The minimum Gasteiger partial charge on any atom is -0.454 e. The lowest BCUT2D eigenvalue weighted by molar-refractivity contribution is -0.115. The van der Waals surface area contributed by atoms with E-state index in [0.29, 0.717) is 35.3 Å². The van der Waals surface area contributed by atoms with Crippen LogP contribution < -0.4 is 20.5 Å². The van der Waals surface area contributed by atoms with Crippen LogP contribution in [0.15, 0.2) is 58.5 Å². The van der Waals surface area contributed by atoms with Crippen LogP contribution in [0.25, 0.3) is 0 Å². The van der Waals surface area contributed by atoms with Gasteiger partial charge in [0, 0.05) is 18.3 Å². The van der Waals surface area contributed by atoms with Crippen LogP contribution in [0.2, 0.25) is 0 Å². The Morgan fingerprint density at radius 2 is 2.03 bits per heavy atom. The number of nitrogens with one attached hydrogen (secondary N) is 2. The highest BCUT2D eigenvalue weighted by Crippen LogP contribution is 2.34. The lowest BCUT2D eigenvalue weighted by Gasteiger charge is -2.12. The molecule has 1 aliphatic rings. The molecule has 1 atom stereocenters. The zero-order valence-corrected chi connectivity index (χ0v) is 16.6. The summed E-state index contributed by atoms with van der Waals surface area (Å²) in [5.74, 6) is 1.06. The number of anilines is 1. The van der Waals surface area contributed by atoms with Crippen molar-refractivity contribution in [2.75, 3.05) is 12.1 Å². The SMILES string of the molecule is CC(Sc1n[nH]c(=O)n1CCc1ccccc1)C(=O)Nc1ccc2c(c1)OCO2. The van der Waals surface area contributed by atoms with Crippen LogP contribution in [-0.4, -0.2) is 32.7 Å². The summed E-state index contributed by atoms with van der Waals surface area (Å²) >= 11 is 1.23. The number of amides is 1. The lowest BCUT2D eigenvalue weighted by Crippen LogP contribution is -2.24. The van der Waals surface area contributed by atoms with Gasteiger partial charge in [-0.05, 0) is 31.0 Å². The van der Waals surface area contributed by atoms with Gasteiger partial charge in [-0.25, -0.2) is 9.89 Å². The molecule has 9 heteroatoms. The molecule has 29 heavy (non-hydrogen) atoms. The maximum absolute atomic E-state index is 12.6. The topological polar surface area (TPSA) is 98.2 Å². The van der Waals surface area contributed by atoms with E-state index in [4.69, 9.17) is 9.47 Å². The summed E-state index contributed by atoms with van der Waals surface area (Å²) in [6.45, 7) is 2.44. The minimum atomic E-state index is -0.453. The number of ether oxygens (including phenoxy) is 2. The Labute approximate surface area is 171 Å². The maximum atomic E-state index is 12.6. The molecule has 0 bridgehead atoms. The van der Waals surface area contributed by atoms with E-state index in [1.807, 2.05) is 30.3 Å². The third-order valence-electron chi connectivity index (χ3n) is 4.48. The first-order chi connectivity index (χ1) is 14.1. The van der Waals surface area contributed by atoms with E-state index < -0.39 is 5.25 Å². The predicted molar refractivity (Wildman–Crippen MR) is 110 cm³/mol. The Bertz CT molecular complexity index is 1060. The highest BCUT2D eigenvalue weighted by Gasteiger charge is 2.20. The Morgan fingerprint density at radius 1 is 1.24 bits per heavy atom. The molecule has 0 radical (unpaired) electrons. The van der Waals surface area contributed by atoms with Crippen LogP contribution >= 0.6 is 11.8 Å². The Kier molecular flexibility index (Phi) is 5.57. The number of rotatable bonds is 7. The van der Waals surface area contributed by atoms with Crippen molar-refractivity contribution in [3.8, 4) is 11.5 Å². The molecule has 2 heterocycles. The van der Waals surface area contributed by atoms with E-state index in [-0.39, 0.29) is 18.4 Å². The van der Waals surface area contributed by atoms with Crippen molar-refractivity contribution in [2.45, 2.75) is 30.3 Å². The van der Waals surface area contributed by atoms with Gasteiger partial charge in [0.2, 0.25) is 12.7 Å². The molecule has 150 valence electrons. The van der Waals surface area contributed by atoms with Crippen LogP contribution in [0, 0.1) is 0 Å². The first-order valence-corrected chi connectivity index (χ1v) is 10.0. The van der Waals surface area contributed by atoms with Gasteiger partial charge in [0.05, 0.1) is 5.25 Å². The number of nitrogens with zero attached hydrogens (tertiary/aromatic N) is 2. The molecule has 1 amide bonds. The summed E-state index contributed by atoms with van der Waals surface area (Å²) < 4.78 is 12.2. The Hall–Kier alpha value is -3.20. The fourth-order valence-electron chi connectivity index (χ4n) is 2.91. The van der Waals surface area contributed by atoms with Crippen molar-refractivity contribution in [3.05, 3.63) is 64.6 Å². The molecular weight excluding hydrogens is 392 g/mol. The monoisotopic (exact) mass is 412 g/mol. The van der Waals surface area contributed by atoms with Crippen molar-refractivity contribution in [3.63, 3.8) is 0 Å². The first kappa shape index (κ1) is 19.1. The van der Waals surface area contributed by atoms with Gasteiger partial charge in [-0.3, -0.25) is 9.36 Å². The second kappa shape index (κ2) is 8.44. The van der Waals surface area contributed by atoms with Gasteiger partial charge < -0.3 is 14.8 Å². The van der Waals surface area contributed by atoms with Crippen molar-refractivity contribution < 1.29 is 14.3 Å². The molecule has 0 spiro atoms. The summed E-state index contributed by atoms with van der Waals surface area (Å²) in [6, 6.07) is 15.1. The number of fused-ring (bicyclic) bond motifs is 1. The van der Waals surface area contributed by atoms with Gasteiger partial charge in [0.25, 0.3) is 0 Å². The predicted octanol–water partition coefficient (Wildman–Crippen LogP) is 2.66. The molecule has 0 fully saturated rings. The zero-order valence-electron chi connectivity index (χ0n) is 15.8. The summed E-state index contributed by atoms with van der Waals surface area (Å²) in [5, 5.41) is 9.43. The van der Waals surface area contributed by atoms with Crippen LogP contribution in [0.1, 0.15) is 12.5 Å². The van der Waals surface area contributed by atoms with Crippen molar-refractivity contribution >= 4 is 23.4 Å². The number of benzene rings is 2. The fourth-order valence-corrected chi connectivity index (χ4v) is 3.79. The van der Waals surface area contributed by atoms with Gasteiger partial charge in [-0.1, -0.05) is 42.1 Å². The number of hydrogen-bond acceptors (Lipinski definition) is 6. The highest BCUT2D eigenvalue weighted by molar-refractivity contribution is 8.00. The molecule has 2 N–H and O–H groups in total. The molecule has 8 nitrogen and oxygen atoms in total. The normalized spacial score (nSPS) is 13.3. The summed E-state index contributed by atoms with van der Waals surface area (Å²) in [5.41, 5.74) is 1.46. The van der Waals surface area contributed by atoms with Crippen LogP contribution in [-0.2, 0) is 17.8 Å². The first-order valence-electron chi connectivity index (χ1n) is 9.16. The standard InChI is InChI=1S/C20H20N4O4S/c1-13(18(25)21-15-7-8-16-17(11-15)28-12-27-16)29-20-23-22-19(26)24(20)10-9-14-5-3-2-4-6-14/h2-8,11,13H,9-10,12H2,1H3,(H,21,25)(H,22,26). The quantitative estimate of drug-likeness (QED) is 0.579. The Morgan fingerprint density at radius 3 is 2.86 bits per heavy atom. The van der Waals surface area contributed by atoms with E-state index >= 15 is 0 Å². The van der Waals surface area contributed by atoms with E-state index in [0.717, 1.165) is 5.56 Å². The number of carbonyl (C=O) groups excluding carboxylic acids is 1. The maximum Gasteiger partial charge on any atom is 0.343 e. The molecule has 0 saturated carbocycles. The van der Waals surface area contributed by atoms with Crippen LogP contribution in [0.4, 0.5) is 5.69 Å². The molecule has 4 rings (SSSR count). The lowest BCUT2D eigenvalue weighted by atomic mass is 10.1. The number of carbonyl (C=O) groups is 1. The summed E-state index contributed by atoms with van der Waals surface area (Å²) in [4.78, 5) is 24.7. The summed E-state index contributed by atoms with van der Waals surface area (Å²) in [6.07, 6.45) is 0.700. The van der Waals surface area contributed by atoms with Gasteiger partial charge in [0.15, 0.2) is 16.7 Å². The molecule has 3 aromatic rings. The second-order valence-corrected chi connectivity index (χ2v) is 7.82. The van der Waals surface area contributed by atoms with Crippen molar-refractivity contribution in [1.29, 1.82) is 0 Å². The number of aromatic amines is 1. The van der Waals surface area contributed by atoms with Gasteiger partial charge in [-0.2, -0.15) is 0 Å². The number of thioether (sulfide) groups is 1. The molecule has 0 aliphatic carbocycles. The summed E-state index contributed by atoms with van der Waals surface area (Å²) in [7, 11) is 0. The molecule has 1 aliphatic heterocycles. The van der Waals surface area contributed by atoms with Crippen LogP contribution in [0.5, 0.6) is 11.5 Å². The molecule has 1 aromatic heterocycles. The number of hydrogen-bond donors (Lipinski definition) is 2. The smallest absolute Gasteiger partial charge is 0.343 e. The van der Waals surface area contributed by atoms with E-state index in [9.17, 15) is 9.59 Å². The van der Waals surface area contributed by atoms with E-state index in [1.54, 1.807) is 29.7 Å². The largest absolute Gasteiger partial charge is 0.454 e. The number of aryl methyl sites for hydroxylation is 1. The average molecular weight is 412 g/mol. The fraction of sp³-hybridized carbons (Fsp3) is 0.250. The van der Waals surface area contributed by atoms with Gasteiger partial charge in [-0.15, -0.1) is 5.10 Å². The zero-order chi connectivity index (χ0) is 20.2. The highest BCUT2D eigenvalue weighted by atomic mass is 32.2. The third-order valence-corrected chi connectivity index (χ3v) is 5.57. The van der Waals surface area contributed by atoms with E-state index in [1.165, 1.54) is 11.8 Å². The van der Waals surface area contributed by atoms with E-state index in [2.05, 4.69) is 15.5 Å². The second-order valence-electron chi connectivity index (χ2n) is 6.52. The van der Waals surface area contributed by atoms with Gasteiger partial charge >= 0.3 is 5.69 Å². The van der Waals surface area contributed by atoms with Crippen molar-refractivity contribution in [1.82, 2.24) is 14.8 Å². The number of H-pyrrole nitrogens is 1. The van der Waals surface area contributed by atoms with Crippen LogP contribution in [0.3, 0.4) is 0 Å². The molecule has 0 saturated heterocycles. The Balaban J connectivity index is 1.39. The third kappa shape index (κ3) is 4.45. The minimum absolute atomic E-state index is 0.179. The number of aromatic nitrogens is 3. The molecular formula is C20H20N4O4S.